The highest BCUT2D eigenvalue weighted by atomic mass is 16.5. The summed E-state index contributed by atoms with van der Waals surface area (Å²) < 4.78 is 32.0. The molecule has 582 valence electrons. The van der Waals surface area contributed by atoms with E-state index in [0.717, 1.165) is 146 Å². The van der Waals surface area contributed by atoms with E-state index in [-0.39, 0.29) is 0 Å². The lowest BCUT2D eigenvalue weighted by atomic mass is 10.1. The van der Waals surface area contributed by atoms with Gasteiger partial charge in [0.05, 0.1) is 40.6 Å². The second-order valence-electron chi connectivity index (χ2n) is 26.5. The number of benzene rings is 12. The summed E-state index contributed by atoms with van der Waals surface area (Å²) in [6, 6.07) is 97.6. The van der Waals surface area contributed by atoms with Gasteiger partial charge in [-0.15, -0.1) is 0 Å². The topological polar surface area (TPSA) is 55.4 Å². The Morgan fingerprint density at radius 2 is 0.365 bits per heavy atom. The first-order valence-electron chi connectivity index (χ1n) is 40.2. The summed E-state index contributed by atoms with van der Waals surface area (Å²) in [6.07, 6.45) is 10.1. The highest BCUT2D eigenvalue weighted by molar-refractivity contribution is 5.51. The third-order valence-corrected chi connectivity index (χ3v) is 17.4. The van der Waals surface area contributed by atoms with Crippen molar-refractivity contribution in [3.63, 3.8) is 0 Å². The number of rotatable bonds is 19. The molecule has 0 aliphatic heterocycles. The molecule has 12 aromatic rings. The molecular formula is C109H110O6. The fraction of sp³-hybridized carbons (Fsp3) is 0.229. The Morgan fingerprint density at radius 1 is 0.191 bits per heavy atom. The van der Waals surface area contributed by atoms with Crippen LogP contribution < -0.4 is 28.4 Å². The summed E-state index contributed by atoms with van der Waals surface area (Å²) in [5.41, 5.74) is 20.4. The van der Waals surface area contributed by atoms with Crippen LogP contribution in [0.4, 0.5) is 0 Å². The predicted octanol–water partition coefficient (Wildman–Crippen LogP) is 24.8. The maximum absolute atomic E-state index is 5.56. The van der Waals surface area contributed by atoms with Gasteiger partial charge in [0, 0.05) is 66.8 Å². The van der Waals surface area contributed by atoms with Gasteiger partial charge in [0.2, 0.25) is 0 Å². The van der Waals surface area contributed by atoms with Gasteiger partial charge in [-0.3, -0.25) is 0 Å². The Morgan fingerprint density at radius 3 is 0.539 bits per heavy atom. The van der Waals surface area contributed by atoms with Crippen LogP contribution in [0, 0.1) is 78.0 Å². The van der Waals surface area contributed by atoms with Crippen molar-refractivity contribution >= 4 is 0 Å². The molecule has 0 aliphatic carbocycles. The molecule has 0 unspecified atom stereocenters. The average molecular weight is 1520 g/mol. The van der Waals surface area contributed by atoms with E-state index >= 15 is 0 Å². The second-order valence-corrected chi connectivity index (χ2v) is 26.5. The molecule has 0 N–H and O–H groups in total. The number of hydrogen-bond acceptors (Lipinski definition) is 6. The van der Waals surface area contributed by atoms with Crippen LogP contribution in [0.25, 0.3) is 0 Å². The highest BCUT2D eigenvalue weighted by Crippen LogP contribution is 2.19. The van der Waals surface area contributed by atoms with Crippen molar-refractivity contribution in [2.45, 2.75) is 127 Å². The van der Waals surface area contributed by atoms with Gasteiger partial charge in [-0.05, 0) is 312 Å². The van der Waals surface area contributed by atoms with E-state index in [2.05, 4.69) is 253 Å². The zero-order valence-electron chi connectivity index (χ0n) is 69.4. The lowest BCUT2D eigenvalue weighted by molar-refractivity contribution is 0.317. The van der Waals surface area contributed by atoms with Gasteiger partial charge in [-0.1, -0.05) is 210 Å². The van der Waals surface area contributed by atoms with Crippen molar-refractivity contribution < 1.29 is 28.4 Å². The number of methoxy groups -OCH3 is 2. The Labute approximate surface area is 688 Å². The number of aryl methyl sites for hydroxylation is 6. The van der Waals surface area contributed by atoms with E-state index in [1.165, 1.54) is 52.6 Å². The van der Waals surface area contributed by atoms with Gasteiger partial charge >= 0.3 is 0 Å². The van der Waals surface area contributed by atoms with Crippen molar-refractivity contribution in [1.29, 1.82) is 0 Å². The van der Waals surface area contributed by atoms with Gasteiger partial charge < -0.3 is 28.4 Å². The fourth-order valence-corrected chi connectivity index (χ4v) is 10.9. The Kier molecular flexibility index (Phi) is 40.9. The molecular weight excluding hydrogens is 1410 g/mol. The second kappa shape index (κ2) is 52.9. The van der Waals surface area contributed by atoms with E-state index < -0.39 is 0 Å². The van der Waals surface area contributed by atoms with Crippen molar-refractivity contribution in [3.8, 4) is 106 Å². The van der Waals surface area contributed by atoms with E-state index in [1.54, 1.807) is 14.2 Å². The molecule has 0 radical (unpaired) electrons. The van der Waals surface area contributed by atoms with E-state index in [4.69, 9.17) is 28.4 Å². The zero-order chi connectivity index (χ0) is 81.7. The minimum atomic E-state index is 0.689. The molecule has 0 aromatic heterocycles. The van der Waals surface area contributed by atoms with Crippen LogP contribution >= 0.6 is 0 Å². The summed E-state index contributed by atoms with van der Waals surface area (Å²) in [5, 5.41) is 0. The van der Waals surface area contributed by atoms with Gasteiger partial charge in [-0.2, -0.15) is 0 Å². The first-order valence-corrected chi connectivity index (χ1v) is 40.2. The van der Waals surface area contributed by atoms with Crippen LogP contribution in [-0.2, 0) is 32.1 Å². The largest absolute Gasteiger partial charge is 0.497 e. The van der Waals surface area contributed by atoms with Gasteiger partial charge in [0.25, 0.3) is 0 Å². The lowest BCUT2D eigenvalue weighted by Crippen LogP contribution is -1.94. The van der Waals surface area contributed by atoms with Crippen LogP contribution in [0.15, 0.2) is 291 Å². The normalized spacial score (nSPS) is 9.60. The molecule has 0 amide bonds. The molecule has 0 aliphatic rings. The molecule has 6 nitrogen and oxygen atoms in total. The summed E-state index contributed by atoms with van der Waals surface area (Å²) >= 11 is 0. The summed E-state index contributed by atoms with van der Waals surface area (Å²) in [5.74, 6) is 43.3. The van der Waals surface area contributed by atoms with Crippen molar-refractivity contribution in [2.24, 2.45) is 0 Å². The number of ether oxygens (including phenoxy) is 6. The van der Waals surface area contributed by atoms with Gasteiger partial charge in [0.1, 0.15) is 34.5 Å². The zero-order valence-corrected chi connectivity index (χ0v) is 69.4. The smallest absolute Gasteiger partial charge is 0.119 e. The summed E-state index contributed by atoms with van der Waals surface area (Å²) in [7, 11) is 3.33. The van der Waals surface area contributed by atoms with Crippen LogP contribution in [0.3, 0.4) is 0 Å². The van der Waals surface area contributed by atoms with Crippen LogP contribution in [0.5, 0.6) is 34.5 Å². The van der Waals surface area contributed by atoms with Gasteiger partial charge in [-0.25, -0.2) is 0 Å². The molecule has 115 heavy (non-hydrogen) atoms. The fourth-order valence-electron chi connectivity index (χ4n) is 10.9. The molecule has 0 heterocycles. The average Bonchev–Trinajstić information content (AvgIpc) is 0.896. The maximum Gasteiger partial charge on any atom is 0.119 e. The first kappa shape index (κ1) is 89.0. The molecule has 12 aromatic carbocycles. The molecule has 0 bridgehead atoms. The first-order chi connectivity index (χ1) is 56.3. The van der Waals surface area contributed by atoms with E-state index in [9.17, 15) is 0 Å². The third-order valence-electron chi connectivity index (χ3n) is 17.4. The third kappa shape index (κ3) is 35.4. The minimum Gasteiger partial charge on any atom is -0.497 e. The van der Waals surface area contributed by atoms with Crippen LogP contribution in [0.1, 0.15) is 188 Å². The predicted molar refractivity (Wildman–Crippen MR) is 481 cm³/mol. The quantitative estimate of drug-likeness (QED) is 0.0752. The van der Waals surface area contributed by atoms with E-state index in [1.807, 2.05) is 178 Å². The van der Waals surface area contributed by atoms with Crippen LogP contribution in [-0.4, -0.2) is 40.6 Å². The Hall–Kier alpha value is -13.2. The molecule has 12 rings (SSSR count). The monoisotopic (exact) mass is 1510 g/mol. The van der Waals surface area contributed by atoms with Crippen molar-refractivity contribution in [3.05, 3.63) is 391 Å². The molecule has 6 heteroatoms. The molecule has 0 fully saturated rings. The maximum atomic E-state index is 5.56. The molecule has 0 atom stereocenters. The SMILES string of the molecule is CCCOc1ccc(C#Cc2ccc(CCC)cc2)cc1.CCCc1ccc(C#Cc2ccc(OC)cc2)cc1.CCCc1ccc(C#Cc2ccc(OCC)cc2)cc1.CCOc1ccc(C#Cc2ccc(C)cc2)cc1.CCOc1ccc(C#Cc2ccc(CC)cc2)cc1.CCc1ccc(C#Cc2ccc(OC)cc2)cc1. The standard InChI is InChI=1S/C20H22O.C19H20O.2C18H18O.2C17H16O/c1-3-5-17-6-8-18(9-7-17)10-11-19-12-14-20(15-13-19)21-16-4-2;1-3-5-16-6-8-17(9-7-16)10-11-18-12-14-19(15-13-18)20-4-2;1-3-4-15-5-7-16(8-6-15)9-10-17-11-13-18(19-2)14-12-17;1-3-15-5-7-16(8-6-15)9-10-17-11-13-18(14-12-17)19-4-2;1-3-14-4-6-15(7-5-14)8-9-16-10-12-17(18-2)13-11-16;1-3-18-17-12-10-16(11-13-17)9-8-15-6-4-14(2)5-7-15/h6-9,12-15H,3-5,16H2,1-2H3;6-9,12-15H,3-5H2,1-2H3;2*5-8,11-14H,3-4H2,1-2H3;2*4-7,10-13H,3H2,1-2H3. The van der Waals surface area contributed by atoms with E-state index in [0.29, 0.717) is 19.8 Å². The molecule has 0 spiro atoms. The van der Waals surface area contributed by atoms with Crippen molar-refractivity contribution in [1.82, 2.24) is 0 Å². The summed E-state index contributed by atoms with van der Waals surface area (Å²) in [4.78, 5) is 0. The Bertz CT molecular complexity index is 4930. The minimum absolute atomic E-state index is 0.689. The van der Waals surface area contributed by atoms with Gasteiger partial charge in [0.15, 0.2) is 0 Å². The Balaban J connectivity index is 0.000000191. The number of hydrogen-bond donors (Lipinski definition) is 0. The molecule has 0 saturated carbocycles. The molecule has 0 saturated heterocycles. The van der Waals surface area contributed by atoms with Crippen molar-refractivity contribution in [2.75, 3.05) is 40.6 Å². The lowest BCUT2D eigenvalue weighted by Gasteiger charge is -2.03. The van der Waals surface area contributed by atoms with Crippen LogP contribution in [0.2, 0.25) is 0 Å². The summed E-state index contributed by atoms with van der Waals surface area (Å²) in [6.45, 7) is 23.8. The highest BCUT2D eigenvalue weighted by Gasteiger charge is 2.01.